The van der Waals surface area contributed by atoms with Crippen LogP contribution in [-0.4, -0.2) is 40.9 Å². The summed E-state index contributed by atoms with van der Waals surface area (Å²) < 4.78 is 6.64. The Morgan fingerprint density at radius 2 is 2.29 bits per heavy atom. The van der Waals surface area contributed by atoms with Crippen LogP contribution in [0.25, 0.3) is 0 Å². The first-order valence-electron chi connectivity index (χ1n) is 7.21. The van der Waals surface area contributed by atoms with Crippen LogP contribution < -0.4 is 10.9 Å². The molecule has 2 heterocycles. The summed E-state index contributed by atoms with van der Waals surface area (Å²) in [5.74, 6) is -0.438. The molecule has 1 aliphatic heterocycles. The first kappa shape index (κ1) is 15.7. The minimum Gasteiger partial charge on any atom is -0.389 e. The lowest BCUT2D eigenvalue weighted by Gasteiger charge is -2.28. The summed E-state index contributed by atoms with van der Waals surface area (Å²) in [6, 6.07) is 1.25. The van der Waals surface area contributed by atoms with E-state index in [9.17, 15) is 14.7 Å². The van der Waals surface area contributed by atoms with Gasteiger partial charge in [0.25, 0.3) is 11.5 Å². The molecule has 0 aliphatic carbocycles. The zero-order valence-electron chi connectivity index (χ0n) is 12.7. The van der Waals surface area contributed by atoms with Gasteiger partial charge in [-0.15, -0.1) is 0 Å². The highest BCUT2D eigenvalue weighted by atomic mass is 16.5. The number of hydrogen-bond donors (Lipinski definition) is 2. The van der Waals surface area contributed by atoms with E-state index in [0.717, 1.165) is 17.7 Å². The van der Waals surface area contributed by atoms with Gasteiger partial charge >= 0.3 is 0 Å². The van der Waals surface area contributed by atoms with Gasteiger partial charge < -0.3 is 19.7 Å². The standard InChI is InChI=1S/C15H22N2O4/c1-4-12-9(2)7-10(15(20)17(12)3)14(19)16-11-5-6-21-8-13(11)18/h7,11,13,18H,4-6,8H2,1-3H3,(H,16,19)/t11-,13-/m0/s1. The molecule has 0 radical (unpaired) electrons. The van der Waals surface area contributed by atoms with E-state index in [0.29, 0.717) is 13.0 Å². The summed E-state index contributed by atoms with van der Waals surface area (Å²) in [7, 11) is 1.67. The van der Waals surface area contributed by atoms with Crippen LogP contribution in [0.2, 0.25) is 0 Å². The molecule has 0 spiro atoms. The Balaban J connectivity index is 2.25. The maximum absolute atomic E-state index is 12.3. The highest BCUT2D eigenvalue weighted by Gasteiger charge is 2.26. The SMILES string of the molecule is CCc1c(C)cc(C(=O)N[C@H]2CCOC[C@@H]2O)c(=O)n1C. The Hall–Kier alpha value is -1.66. The Morgan fingerprint density at radius 1 is 1.57 bits per heavy atom. The highest BCUT2D eigenvalue weighted by Crippen LogP contribution is 2.10. The maximum Gasteiger partial charge on any atom is 0.263 e. The number of hydrogen-bond acceptors (Lipinski definition) is 4. The van der Waals surface area contributed by atoms with Crippen LogP contribution in [0.3, 0.4) is 0 Å². The molecule has 0 saturated carbocycles. The van der Waals surface area contributed by atoms with E-state index in [1.165, 1.54) is 4.57 Å². The van der Waals surface area contributed by atoms with Crippen molar-refractivity contribution in [2.24, 2.45) is 7.05 Å². The molecule has 2 rings (SSSR count). The van der Waals surface area contributed by atoms with Gasteiger partial charge in [0.1, 0.15) is 5.56 Å². The predicted molar refractivity (Wildman–Crippen MR) is 78.5 cm³/mol. The van der Waals surface area contributed by atoms with E-state index in [4.69, 9.17) is 4.74 Å². The Labute approximate surface area is 123 Å². The van der Waals surface area contributed by atoms with Crippen LogP contribution in [0.15, 0.2) is 10.9 Å². The van der Waals surface area contributed by atoms with Crippen molar-refractivity contribution in [2.75, 3.05) is 13.2 Å². The summed E-state index contributed by atoms with van der Waals surface area (Å²) in [5.41, 5.74) is 1.64. The van der Waals surface area contributed by atoms with E-state index in [1.807, 2.05) is 13.8 Å². The predicted octanol–water partition coefficient (Wildman–Crippen LogP) is 0.136. The number of aromatic nitrogens is 1. The highest BCUT2D eigenvalue weighted by molar-refractivity contribution is 5.94. The number of amides is 1. The van der Waals surface area contributed by atoms with E-state index in [1.54, 1.807) is 13.1 Å². The number of nitrogens with zero attached hydrogens (tertiary/aromatic N) is 1. The van der Waals surface area contributed by atoms with E-state index in [2.05, 4.69) is 5.32 Å². The third kappa shape index (κ3) is 3.16. The van der Waals surface area contributed by atoms with Crippen LogP contribution in [-0.2, 0) is 18.2 Å². The van der Waals surface area contributed by atoms with Crippen molar-refractivity contribution in [3.8, 4) is 0 Å². The summed E-state index contributed by atoms with van der Waals surface area (Å²) in [6.07, 6.45) is 0.541. The second-order valence-electron chi connectivity index (χ2n) is 5.42. The van der Waals surface area contributed by atoms with Gasteiger partial charge in [-0.25, -0.2) is 0 Å². The van der Waals surface area contributed by atoms with Gasteiger partial charge in [0.15, 0.2) is 0 Å². The van der Waals surface area contributed by atoms with Crippen molar-refractivity contribution in [1.82, 2.24) is 9.88 Å². The summed E-state index contributed by atoms with van der Waals surface area (Å²) >= 11 is 0. The van der Waals surface area contributed by atoms with E-state index >= 15 is 0 Å². The second kappa shape index (κ2) is 6.41. The molecule has 1 aromatic rings. The topological polar surface area (TPSA) is 80.6 Å². The lowest BCUT2D eigenvalue weighted by molar-refractivity contribution is -0.0261. The number of carbonyl (C=O) groups excluding carboxylic acids is 1. The largest absolute Gasteiger partial charge is 0.389 e. The molecule has 1 fully saturated rings. The average molecular weight is 294 g/mol. The van der Waals surface area contributed by atoms with Gasteiger partial charge in [0.2, 0.25) is 0 Å². The number of ether oxygens (including phenoxy) is 1. The van der Waals surface area contributed by atoms with Crippen molar-refractivity contribution >= 4 is 5.91 Å². The second-order valence-corrected chi connectivity index (χ2v) is 5.42. The third-order valence-corrected chi connectivity index (χ3v) is 3.98. The number of aryl methyl sites for hydroxylation is 1. The zero-order valence-corrected chi connectivity index (χ0v) is 12.7. The summed E-state index contributed by atoms with van der Waals surface area (Å²) in [5, 5.41) is 12.5. The molecule has 1 aliphatic rings. The molecular weight excluding hydrogens is 272 g/mol. The fourth-order valence-corrected chi connectivity index (χ4v) is 2.75. The Bertz CT molecular complexity index is 594. The minimum atomic E-state index is -0.734. The van der Waals surface area contributed by atoms with Gasteiger partial charge in [-0.3, -0.25) is 9.59 Å². The molecule has 0 bridgehead atoms. The van der Waals surface area contributed by atoms with Crippen LogP contribution in [0, 0.1) is 6.92 Å². The average Bonchev–Trinajstić information content (AvgIpc) is 2.45. The van der Waals surface area contributed by atoms with Crippen molar-refractivity contribution in [2.45, 2.75) is 38.8 Å². The summed E-state index contributed by atoms with van der Waals surface area (Å²) in [4.78, 5) is 24.6. The van der Waals surface area contributed by atoms with Gasteiger partial charge in [0, 0.05) is 19.3 Å². The van der Waals surface area contributed by atoms with Crippen molar-refractivity contribution in [1.29, 1.82) is 0 Å². The summed E-state index contributed by atoms with van der Waals surface area (Å²) in [6.45, 7) is 4.56. The molecule has 1 saturated heterocycles. The Morgan fingerprint density at radius 3 is 2.90 bits per heavy atom. The quantitative estimate of drug-likeness (QED) is 0.831. The molecule has 1 amide bonds. The van der Waals surface area contributed by atoms with Gasteiger partial charge in [-0.2, -0.15) is 0 Å². The smallest absolute Gasteiger partial charge is 0.263 e. The van der Waals surface area contributed by atoms with Crippen molar-refractivity contribution < 1.29 is 14.6 Å². The molecule has 2 atom stereocenters. The fraction of sp³-hybridized carbons (Fsp3) is 0.600. The number of aliphatic hydroxyl groups is 1. The Kier molecular flexibility index (Phi) is 4.80. The molecule has 2 N–H and O–H groups in total. The van der Waals surface area contributed by atoms with Crippen LogP contribution in [0.4, 0.5) is 0 Å². The molecule has 6 nitrogen and oxygen atoms in total. The number of aliphatic hydroxyl groups excluding tert-OH is 1. The van der Waals surface area contributed by atoms with Gasteiger partial charge in [-0.1, -0.05) is 6.92 Å². The molecule has 0 unspecified atom stereocenters. The maximum atomic E-state index is 12.3. The monoisotopic (exact) mass is 294 g/mol. The van der Waals surface area contributed by atoms with E-state index in [-0.39, 0.29) is 23.8 Å². The van der Waals surface area contributed by atoms with Crippen LogP contribution in [0.5, 0.6) is 0 Å². The third-order valence-electron chi connectivity index (χ3n) is 3.98. The number of pyridine rings is 1. The number of nitrogens with one attached hydrogen (secondary N) is 1. The molecule has 6 heteroatoms. The molecule has 1 aromatic heterocycles. The van der Waals surface area contributed by atoms with Crippen LogP contribution in [0.1, 0.15) is 35.0 Å². The molecule has 116 valence electrons. The zero-order chi connectivity index (χ0) is 15.6. The normalized spacial score (nSPS) is 22.1. The molecule has 0 aromatic carbocycles. The first-order valence-corrected chi connectivity index (χ1v) is 7.21. The lowest BCUT2D eigenvalue weighted by atomic mass is 10.0. The van der Waals surface area contributed by atoms with Gasteiger partial charge in [-0.05, 0) is 31.4 Å². The molecular formula is C15H22N2O4. The van der Waals surface area contributed by atoms with E-state index < -0.39 is 12.0 Å². The van der Waals surface area contributed by atoms with Crippen molar-refractivity contribution in [3.63, 3.8) is 0 Å². The van der Waals surface area contributed by atoms with Crippen molar-refractivity contribution in [3.05, 3.63) is 33.2 Å². The first-order chi connectivity index (χ1) is 9.95. The van der Waals surface area contributed by atoms with Crippen LogP contribution >= 0.6 is 0 Å². The number of rotatable bonds is 3. The molecule has 21 heavy (non-hydrogen) atoms. The fourth-order valence-electron chi connectivity index (χ4n) is 2.75. The number of carbonyl (C=O) groups is 1. The minimum absolute atomic E-state index is 0.117. The van der Waals surface area contributed by atoms with Gasteiger partial charge in [0.05, 0.1) is 18.8 Å². The lowest BCUT2D eigenvalue weighted by Crippen LogP contribution is -2.49.